The molecule has 0 aromatic heterocycles. The van der Waals surface area contributed by atoms with Gasteiger partial charge in [-0.05, 0) is 68.3 Å². The van der Waals surface area contributed by atoms with Crippen molar-refractivity contribution in [1.29, 1.82) is 0 Å². The Morgan fingerprint density at radius 3 is 2.42 bits per heavy atom. The summed E-state index contributed by atoms with van der Waals surface area (Å²) < 4.78 is 1.31. The van der Waals surface area contributed by atoms with Gasteiger partial charge in [-0.3, -0.25) is 4.79 Å². The van der Waals surface area contributed by atoms with Crippen molar-refractivity contribution in [3.8, 4) is 5.75 Å². The Hall–Kier alpha value is -1.53. The third kappa shape index (κ3) is 3.27. The van der Waals surface area contributed by atoms with Crippen LogP contribution in [0.15, 0.2) is 45.3 Å². The summed E-state index contributed by atoms with van der Waals surface area (Å²) in [4.78, 5) is 12.0. The number of nitrogen functional groups attached to an aromatic ring is 1. The fraction of sp³-hybridized carbons (Fsp3) is 0. The number of aromatic hydroxyl groups is 1. The van der Waals surface area contributed by atoms with Crippen molar-refractivity contribution < 1.29 is 9.90 Å². The van der Waals surface area contributed by atoms with E-state index in [2.05, 4.69) is 37.2 Å². The number of halogens is 2. The molecule has 19 heavy (non-hydrogen) atoms. The van der Waals surface area contributed by atoms with Crippen molar-refractivity contribution in [3.05, 3.63) is 50.9 Å². The van der Waals surface area contributed by atoms with Crippen LogP contribution in [0.2, 0.25) is 0 Å². The lowest BCUT2D eigenvalue weighted by Crippen LogP contribution is -2.11. The minimum absolute atomic E-state index is 0.0166. The van der Waals surface area contributed by atoms with E-state index >= 15 is 0 Å². The van der Waals surface area contributed by atoms with Gasteiger partial charge in [0.2, 0.25) is 0 Å². The summed E-state index contributed by atoms with van der Waals surface area (Å²) in [6, 6.07) is 9.75. The van der Waals surface area contributed by atoms with Gasteiger partial charge in [0.05, 0.1) is 4.47 Å². The second-order valence-electron chi connectivity index (χ2n) is 3.86. The predicted octanol–water partition coefficient (Wildman–Crippen LogP) is 3.75. The first-order valence-electron chi connectivity index (χ1n) is 5.32. The number of hydrogen-bond donors (Lipinski definition) is 3. The van der Waals surface area contributed by atoms with Crippen LogP contribution in [-0.4, -0.2) is 11.0 Å². The fourth-order valence-corrected chi connectivity index (χ4v) is 1.97. The maximum Gasteiger partial charge on any atom is 0.255 e. The smallest absolute Gasteiger partial charge is 0.255 e. The van der Waals surface area contributed by atoms with E-state index < -0.39 is 0 Å². The van der Waals surface area contributed by atoms with Gasteiger partial charge in [0.1, 0.15) is 5.75 Å². The number of nitrogens with one attached hydrogen (secondary N) is 1. The Balaban J connectivity index is 2.20. The van der Waals surface area contributed by atoms with Gasteiger partial charge in [-0.15, -0.1) is 0 Å². The topological polar surface area (TPSA) is 75.3 Å². The van der Waals surface area contributed by atoms with Gasteiger partial charge in [0, 0.05) is 21.4 Å². The monoisotopic (exact) mass is 384 g/mol. The molecule has 2 rings (SSSR count). The van der Waals surface area contributed by atoms with E-state index in [0.717, 1.165) is 4.47 Å². The first kappa shape index (κ1) is 13.9. The number of carbonyl (C=O) groups is 1. The highest BCUT2D eigenvalue weighted by Crippen LogP contribution is 2.26. The number of hydrogen-bond acceptors (Lipinski definition) is 3. The van der Waals surface area contributed by atoms with Crippen LogP contribution in [0.5, 0.6) is 5.75 Å². The van der Waals surface area contributed by atoms with E-state index in [1.54, 1.807) is 30.3 Å². The standard InChI is InChI=1S/C13H10Br2N2O2/c14-9-4-2-8(6-11(9)16)17-13(19)7-1-3-10(15)12(18)5-7/h1-6,18H,16H2,(H,17,19). The molecule has 0 bridgehead atoms. The van der Waals surface area contributed by atoms with Crippen molar-refractivity contribution >= 4 is 49.1 Å². The van der Waals surface area contributed by atoms with Crippen LogP contribution >= 0.6 is 31.9 Å². The molecule has 1 amide bonds. The normalized spacial score (nSPS) is 10.2. The van der Waals surface area contributed by atoms with E-state index in [9.17, 15) is 9.90 Å². The number of phenols is 1. The highest BCUT2D eigenvalue weighted by molar-refractivity contribution is 9.11. The molecule has 4 nitrogen and oxygen atoms in total. The molecule has 0 atom stereocenters. The average Bonchev–Trinajstić information content (AvgIpc) is 2.37. The Kier molecular flexibility index (Phi) is 4.11. The molecule has 0 saturated carbocycles. The van der Waals surface area contributed by atoms with Gasteiger partial charge in [-0.25, -0.2) is 0 Å². The van der Waals surface area contributed by atoms with E-state index in [0.29, 0.717) is 21.4 Å². The zero-order chi connectivity index (χ0) is 14.0. The van der Waals surface area contributed by atoms with Crippen LogP contribution in [-0.2, 0) is 0 Å². The summed E-state index contributed by atoms with van der Waals surface area (Å²) in [6.07, 6.45) is 0. The number of phenolic OH excluding ortho intramolecular Hbond substituents is 1. The molecular weight excluding hydrogens is 376 g/mol. The molecule has 0 fully saturated rings. The number of rotatable bonds is 2. The molecule has 2 aromatic rings. The number of amides is 1. The Bertz CT molecular complexity index is 645. The SMILES string of the molecule is Nc1cc(NC(=O)c2ccc(Br)c(O)c2)ccc1Br. The summed E-state index contributed by atoms with van der Waals surface area (Å²) in [5.74, 6) is -0.299. The third-order valence-electron chi connectivity index (χ3n) is 2.46. The molecule has 6 heteroatoms. The minimum atomic E-state index is -0.315. The highest BCUT2D eigenvalue weighted by Gasteiger charge is 2.09. The van der Waals surface area contributed by atoms with Crippen molar-refractivity contribution in [2.45, 2.75) is 0 Å². The highest BCUT2D eigenvalue weighted by atomic mass is 79.9. The van der Waals surface area contributed by atoms with Gasteiger partial charge in [0.15, 0.2) is 0 Å². The van der Waals surface area contributed by atoms with Crippen LogP contribution in [0.1, 0.15) is 10.4 Å². The molecule has 0 aliphatic rings. The Morgan fingerprint density at radius 1 is 1.11 bits per heavy atom. The number of benzene rings is 2. The molecular formula is C13H10Br2N2O2. The minimum Gasteiger partial charge on any atom is -0.507 e. The third-order valence-corrected chi connectivity index (χ3v) is 3.85. The maximum absolute atomic E-state index is 12.0. The largest absolute Gasteiger partial charge is 0.507 e. The second-order valence-corrected chi connectivity index (χ2v) is 5.57. The van der Waals surface area contributed by atoms with E-state index in [-0.39, 0.29) is 11.7 Å². The number of nitrogens with two attached hydrogens (primary N) is 1. The van der Waals surface area contributed by atoms with Crippen LogP contribution in [0.3, 0.4) is 0 Å². The lowest BCUT2D eigenvalue weighted by Gasteiger charge is -2.07. The lowest BCUT2D eigenvalue weighted by atomic mass is 10.2. The molecule has 0 radical (unpaired) electrons. The van der Waals surface area contributed by atoms with E-state index in [4.69, 9.17) is 5.73 Å². The molecule has 0 spiro atoms. The molecule has 0 heterocycles. The zero-order valence-electron chi connectivity index (χ0n) is 9.65. The summed E-state index contributed by atoms with van der Waals surface area (Å²) in [6.45, 7) is 0. The fourth-order valence-electron chi connectivity index (χ4n) is 1.48. The zero-order valence-corrected chi connectivity index (χ0v) is 12.8. The van der Waals surface area contributed by atoms with Gasteiger partial charge in [-0.1, -0.05) is 0 Å². The first-order valence-corrected chi connectivity index (χ1v) is 6.91. The molecule has 0 aliphatic carbocycles. The van der Waals surface area contributed by atoms with E-state index in [1.165, 1.54) is 6.07 Å². The quantitative estimate of drug-likeness (QED) is 0.689. The van der Waals surface area contributed by atoms with Crippen LogP contribution in [0.25, 0.3) is 0 Å². The van der Waals surface area contributed by atoms with E-state index in [1.807, 2.05) is 0 Å². The summed E-state index contributed by atoms with van der Waals surface area (Å²) in [5.41, 5.74) is 7.23. The lowest BCUT2D eigenvalue weighted by molar-refractivity contribution is 0.102. The van der Waals surface area contributed by atoms with Crippen molar-refractivity contribution in [2.24, 2.45) is 0 Å². The van der Waals surface area contributed by atoms with Crippen LogP contribution < -0.4 is 11.1 Å². The van der Waals surface area contributed by atoms with Crippen LogP contribution in [0, 0.1) is 0 Å². The average molecular weight is 386 g/mol. The molecule has 0 unspecified atom stereocenters. The molecule has 0 aliphatic heterocycles. The Labute approximate surface area is 126 Å². The Morgan fingerprint density at radius 2 is 1.79 bits per heavy atom. The predicted molar refractivity (Wildman–Crippen MR) is 82.3 cm³/mol. The summed E-state index contributed by atoms with van der Waals surface area (Å²) in [5, 5.41) is 12.2. The first-order chi connectivity index (χ1) is 8.97. The van der Waals surface area contributed by atoms with Gasteiger partial charge < -0.3 is 16.2 Å². The van der Waals surface area contributed by atoms with Crippen LogP contribution in [0.4, 0.5) is 11.4 Å². The summed E-state index contributed by atoms with van der Waals surface area (Å²) in [7, 11) is 0. The second kappa shape index (κ2) is 5.63. The molecule has 0 saturated heterocycles. The number of carbonyl (C=O) groups excluding carboxylic acids is 1. The number of anilines is 2. The van der Waals surface area contributed by atoms with Gasteiger partial charge >= 0.3 is 0 Å². The van der Waals surface area contributed by atoms with Gasteiger partial charge in [0.25, 0.3) is 5.91 Å². The molecule has 98 valence electrons. The molecule has 2 aromatic carbocycles. The maximum atomic E-state index is 12.0. The summed E-state index contributed by atoms with van der Waals surface area (Å²) >= 11 is 6.44. The molecule has 4 N–H and O–H groups in total. The van der Waals surface area contributed by atoms with Gasteiger partial charge in [-0.2, -0.15) is 0 Å². The van der Waals surface area contributed by atoms with Crippen molar-refractivity contribution in [1.82, 2.24) is 0 Å². The van der Waals surface area contributed by atoms with Crippen molar-refractivity contribution in [2.75, 3.05) is 11.1 Å². The van der Waals surface area contributed by atoms with Crippen molar-refractivity contribution in [3.63, 3.8) is 0 Å².